The number of hydrogen-bond donors (Lipinski definition) is 0. The van der Waals surface area contributed by atoms with Crippen molar-refractivity contribution in [3.8, 4) is 11.5 Å². The summed E-state index contributed by atoms with van der Waals surface area (Å²) in [7, 11) is 0. The minimum absolute atomic E-state index is 0.215. The van der Waals surface area contributed by atoms with Crippen LogP contribution >= 0.6 is 0 Å². The fraction of sp³-hybridized carbons (Fsp3) is 0.500. The van der Waals surface area contributed by atoms with Crippen LogP contribution in [0.1, 0.15) is 25.8 Å². The van der Waals surface area contributed by atoms with Gasteiger partial charge in [-0.2, -0.15) is 0 Å². The molecular formula is C16H20O6. The van der Waals surface area contributed by atoms with Crippen LogP contribution < -0.4 is 9.47 Å². The van der Waals surface area contributed by atoms with Gasteiger partial charge in [-0.05, 0) is 44.4 Å². The van der Waals surface area contributed by atoms with Crippen molar-refractivity contribution >= 4 is 11.9 Å². The van der Waals surface area contributed by atoms with Crippen molar-refractivity contribution in [2.75, 3.05) is 20.0 Å². The van der Waals surface area contributed by atoms with Crippen LogP contribution in [0.3, 0.4) is 0 Å². The Morgan fingerprint density at radius 2 is 1.73 bits per heavy atom. The quantitative estimate of drug-likeness (QED) is 0.567. The number of rotatable bonds is 7. The fourth-order valence-electron chi connectivity index (χ4n) is 2.23. The van der Waals surface area contributed by atoms with Crippen molar-refractivity contribution in [2.24, 2.45) is 5.92 Å². The summed E-state index contributed by atoms with van der Waals surface area (Å²) in [6.07, 6.45) is 0.871. The normalized spacial score (nSPS) is 12.3. The number of aryl methyl sites for hydroxylation is 1. The Bertz CT molecular complexity index is 521. The van der Waals surface area contributed by atoms with Gasteiger partial charge in [-0.3, -0.25) is 9.59 Å². The molecule has 1 aromatic rings. The highest BCUT2D eigenvalue weighted by Crippen LogP contribution is 2.33. The van der Waals surface area contributed by atoms with E-state index in [1.54, 1.807) is 13.8 Å². The van der Waals surface area contributed by atoms with Gasteiger partial charge >= 0.3 is 11.9 Å². The largest absolute Gasteiger partial charge is 0.465 e. The number of carbonyl (C=O) groups is 2. The van der Waals surface area contributed by atoms with Gasteiger partial charge in [-0.1, -0.05) is 6.07 Å². The SMILES string of the molecule is CCOC(=O)C(CCc1ccc2c(c1)OCO2)C(=O)OCC. The molecule has 1 aliphatic rings. The van der Waals surface area contributed by atoms with Crippen molar-refractivity contribution in [2.45, 2.75) is 26.7 Å². The lowest BCUT2D eigenvalue weighted by Gasteiger charge is -2.14. The van der Waals surface area contributed by atoms with Gasteiger partial charge in [0.15, 0.2) is 17.4 Å². The lowest BCUT2D eigenvalue weighted by atomic mass is 9.99. The molecule has 0 unspecified atom stereocenters. The van der Waals surface area contributed by atoms with E-state index in [2.05, 4.69) is 0 Å². The van der Waals surface area contributed by atoms with Crippen molar-refractivity contribution in [1.29, 1.82) is 0 Å². The van der Waals surface area contributed by atoms with E-state index in [0.29, 0.717) is 24.3 Å². The van der Waals surface area contributed by atoms with Crippen molar-refractivity contribution in [1.82, 2.24) is 0 Å². The van der Waals surface area contributed by atoms with Gasteiger partial charge in [0.2, 0.25) is 6.79 Å². The molecule has 0 saturated carbocycles. The molecule has 22 heavy (non-hydrogen) atoms. The lowest BCUT2D eigenvalue weighted by Crippen LogP contribution is -2.28. The Morgan fingerprint density at radius 3 is 2.36 bits per heavy atom. The topological polar surface area (TPSA) is 71.1 Å². The number of carbonyl (C=O) groups excluding carboxylic acids is 2. The third-order valence-electron chi connectivity index (χ3n) is 3.30. The van der Waals surface area contributed by atoms with E-state index < -0.39 is 17.9 Å². The number of esters is 2. The molecule has 0 aromatic heterocycles. The zero-order valence-corrected chi connectivity index (χ0v) is 12.8. The molecule has 0 N–H and O–H groups in total. The molecule has 0 bridgehead atoms. The van der Waals surface area contributed by atoms with Crippen molar-refractivity contribution < 1.29 is 28.5 Å². The fourth-order valence-corrected chi connectivity index (χ4v) is 2.23. The maximum atomic E-state index is 11.9. The highest BCUT2D eigenvalue weighted by atomic mass is 16.7. The van der Waals surface area contributed by atoms with Crippen molar-refractivity contribution in [3.05, 3.63) is 23.8 Å². The highest BCUT2D eigenvalue weighted by Gasteiger charge is 2.29. The second-order valence-electron chi connectivity index (χ2n) is 4.78. The number of hydrogen-bond acceptors (Lipinski definition) is 6. The zero-order chi connectivity index (χ0) is 15.9. The smallest absolute Gasteiger partial charge is 0.320 e. The van der Waals surface area contributed by atoms with Gasteiger partial charge in [-0.15, -0.1) is 0 Å². The van der Waals surface area contributed by atoms with Gasteiger partial charge in [0.1, 0.15) is 0 Å². The first-order valence-electron chi connectivity index (χ1n) is 7.37. The highest BCUT2D eigenvalue weighted by molar-refractivity contribution is 5.94. The molecule has 1 heterocycles. The van der Waals surface area contributed by atoms with Gasteiger partial charge in [0.05, 0.1) is 13.2 Å². The molecule has 0 atom stereocenters. The Hall–Kier alpha value is -2.24. The zero-order valence-electron chi connectivity index (χ0n) is 12.8. The van der Waals surface area contributed by atoms with Gasteiger partial charge < -0.3 is 18.9 Å². The maximum absolute atomic E-state index is 11.9. The van der Waals surface area contributed by atoms with Crippen LogP contribution in [0.2, 0.25) is 0 Å². The molecule has 6 heteroatoms. The minimum Gasteiger partial charge on any atom is -0.465 e. The number of ether oxygens (including phenoxy) is 4. The van der Waals surface area contributed by atoms with E-state index in [1.165, 1.54) is 0 Å². The van der Waals surface area contributed by atoms with Crippen molar-refractivity contribution in [3.63, 3.8) is 0 Å². The molecule has 2 rings (SSSR count). The molecule has 0 fully saturated rings. The summed E-state index contributed by atoms with van der Waals surface area (Å²) in [5, 5.41) is 0. The molecule has 1 aromatic carbocycles. The first-order valence-corrected chi connectivity index (χ1v) is 7.37. The van der Waals surface area contributed by atoms with Gasteiger partial charge in [-0.25, -0.2) is 0 Å². The Balaban J connectivity index is 2.00. The molecule has 120 valence electrons. The van der Waals surface area contributed by atoms with Crippen LogP contribution in [0.4, 0.5) is 0 Å². The number of benzene rings is 1. The average Bonchev–Trinajstić information content (AvgIpc) is 2.95. The monoisotopic (exact) mass is 308 g/mol. The van der Waals surface area contributed by atoms with Gasteiger partial charge in [0, 0.05) is 0 Å². The van der Waals surface area contributed by atoms with E-state index in [4.69, 9.17) is 18.9 Å². The van der Waals surface area contributed by atoms with E-state index in [9.17, 15) is 9.59 Å². The molecule has 0 saturated heterocycles. The Morgan fingerprint density at radius 1 is 1.09 bits per heavy atom. The average molecular weight is 308 g/mol. The third kappa shape index (κ3) is 3.90. The van der Waals surface area contributed by atoms with Crippen LogP contribution in [0.5, 0.6) is 11.5 Å². The Kier molecular flexibility index (Phi) is 5.63. The standard InChI is InChI=1S/C16H20O6/c1-3-19-15(17)12(16(18)20-4-2)7-5-11-6-8-13-14(9-11)22-10-21-13/h6,8-9,12H,3-5,7,10H2,1-2H3. The summed E-state index contributed by atoms with van der Waals surface area (Å²) in [5.41, 5.74) is 0.961. The van der Waals surface area contributed by atoms with Crippen LogP contribution in [0, 0.1) is 5.92 Å². The second-order valence-corrected chi connectivity index (χ2v) is 4.78. The predicted octanol–water partition coefficient (Wildman–Crippen LogP) is 2.09. The van der Waals surface area contributed by atoms with E-state index >= 15 is 0 Å². The first-order chi connectivity index (χ1) is 10.7. The summed E-state index contributed by atoms with van der Waals surface area (Å²) >= 11 is 0. The van der Waals surface area contributed by atoms with Gasteiger partial charge in [0.25, 0.3) is 0 Å². The molecule has 6 nitrogen and oxygen atoms in total. The lowest BCUT2D eigenvalue weighted by molar-refractivity contribution is -0.161. The summed E-state index contributed by atoms with van der Waals surface area (Å²) in [6.45, 7) is 4.10. The second kappa shape index (κ2) is 7.68. The minimum atomic E-state index is -0.898. The molecule has 0 amide bonds. The summed E-state index contributed by atoms with van der Waals surface area (Å²) in [4.78, 5) is 23.8. The van der Waals surface area contributed by atoms with E-state index in [-0.39, 0.29) is 20.0 Å². The summed E-state index contributed by atoms with van der Waals surface area (Å²) < 4.78 is 20.5. The van der Waals surface area contributed by atoms with Crippen LogP contribution in [0.25, 0.3) is 0 Å². The molecular weight excluding hydrogens is 288 g/mol. The molecule has 0 aliphatic carbocycles. The van der Waals surface area contributed by atoms with E-state index in [0.717, 1.165) is 5.56 Å². The van der Waals surface area contributed by atoms with Crippen LogP contribution in [-0.4, -0.2) is 31.9 Å². The maximum Gasteiger partial charge on any atom is 0.320 e. The third-order valence-corrected chi connectivity index (χ3v) is 3.30. The molecule has 1 aliphatic heterocycles. The predicted molar refractivity (Wildman–Crippen MR) is 77.6 cm³/mol. The summed E-state index contributed by atoms with van der Waals surface area (Å²) in [5.74, 6) is -0.592. The summed E-state index contributed by atoms with van der Waals surface area (Å²) in [6, 6.07) is 5.57. The van der Waals surface area contributed by atoms with Crippen LogP contribution in [-0.2, 0) is 25.5 Å². The van der Waals surface area contributed by atoms with Crippen LogP contribution in [0.15, 0.2) is 18.2 Å². The number of fused-ring (bicyclic) bond motifs is 1. The Labute approximate surface area is 129 Å². The molecule has 0 spiro atoms. The van der Waals surface area contributed by atoms with E-state index in [1.807, 2.05) is 18.2 Å². The molecule has 0 radical (unpaired) electrons. The first kappa shape index (κ1) is 16.1.